The summed E-state index contributed by atoms with van der Waals surface area (Å²) < 4.78 is 25.6. The Kier molecular flexibility index (Phi) is 3.02. The molecule has 0 aromatic heterocycles. The highest BCUT2D eigenvalue weighted by Crippen LogP contribution is 2.27. The number of hydrogen-bond acceptors (Lipinski definition) is 2. The first-order valence-corrected chi connectivity index (χ1v) is 5.47. The molecular weight excluding hydrogens is 186 g/mol. The van der Waals surface area contributed by atoms with Gasteiger partial charge >= 0.3 is 0 Å². The molecule has 14 heavy (non-hydrogen) atoms. The zero-order chi connectivity index (χ0) is 10.0. The second-order valence-electron chi connectivity index (χ2n) is 4.51. The van der Waals surface area contributed by atoms with Crippen LogP contribution in [0.3, 0.4) is 0 Å². The van der Waals surface area contributed by atoms with E-state index < -0.39 is 5.92 Å². The van der Waals surface area contributed by atoms with Gasteiger partial charge in [-0.15, -0.1) is 0 Å². The van der Waals surface area contributed by atoms with E-state index >= 15 is 0 Å². The average Bonchev–Trinajstić information content (AvgIpc) is 2.05. The van der Waals surface area contributed by atoms with Gasteiger partial charge in [-0.2, -0.15) is 0 Å². The smallest absolute Gasteiger partial charge is 0.250 e. The van der Waals surface area contributed by atoms with Crippen molar-refractivity contribution in [3.63, 3.8) is 0 Å². The van der Waals surface area contributed by atoms with Gasteiger partial charge in [-0.3, -0.25) is 0 Å². The van der Waals surface area contributed by atoms with Gasteiger partial charge in [-0.05, 0) is 32.0 Å². The third-order valence-corrected chi connectivity index (χ3v) is 3.31. The third-order valence-electron chi connectivity index (χ3n) is 3.31. The molecule has 0 radical (unpaired) electrons. The van der Waals surface area contributed by atoms with E-state index in [0.29, 0.717) is 13.1 Å². The Labute approximate surface area is 83.7 Å². The minimum absolute atomic E-state index is 0.0515. The molecule has 0 spiro atoms. The molecule has 2 saturated heterocycles. The maximum absolute atomic E-state index is 12.8. The van der Waals surface area contributed by atoms with Crippen molar-refractivity contribution in [1.82, 2.24) is 10.2 Å². The first-order chi connectivity index (χ1) is 6.66. The van der Waals surface area contributed by atoms with Gasteiger partial charge in [0.2, 0.25) is 0 Å². The average molecular weight is 204 g/mol. The van der Waals surface area contributed by atoms with E-state index in [4.69, 9.17) is 0 Å². The van der Waals surface area contributed by atoms with Gasteiger partial charge in [0, 0.05) is 25.9 Å². The molecule has 0 saturated carbocycles. The Morgan fingerprint density at radius 1 is 1.21 bits per heavy atom. The molecule has 2 heterocycles. The largest absolute Gasteiger partial charge is 0.316 e. The fourth-order valence-corrected chi connectivity index (χ4v) is 2.02. The molecule has 4 heteroatoms. The van der Waals surface area contributed by atoms with Crippen LogP contribution in [0.25, 0.3) is 0 Å². The first kappa shape index (κ1) is 10.3. The molecule has 82 valence electrons. The van der Waals surface area contributed by atoms with Gasteiger partial charge in [0.25, 0.3) is 5.92 Å². The van der Waals surface area contributed by atoms with E-state index in [2.05, 4.69) is 10.2 Å². The lowest BCUT2D eigenvalue weighted by Crippen LogP contribution is -2.45. The quantitative estimate of drug-likeness (QED) is 0.746. The number of halogens is 2. The van der Waals surface area contributed by atoms with Crippen molar-refractivity contribution >= 4 is 0 Å². The minimum atomic E-state index is -2.39. The van der Waals surface area contributed by atoms with Crippen LogP contribution in [-0.2, 0) is 0 Å². The van der Waals surface area contributed by atoms with Crippen LogP contribution in [0.15, 0.2) is 0 Å². The summed E-state index contributed by atoms with van der Waals surface area (Å²) in [6, 6.07) is 0. The van der Waals surface area contributed by atoms with Crippen molar-refractivity contribution in [2.75, 3.05) is 32.7 Å². The number of hydrogen-bond donors (Lipinski definition) is 1. The van der Waals surface area contributed by atoms with Gasteiger partial charge in [0.1, 0.15) is 0 Å². The maximum atomic E-state index is 12.8. The summed E-state index contributed by atoms with van der Waals surface area (Å²) in [6.07, 6.45) is 1.27. The molecule has 0 aromatic carbocycles. The third kappa shape index (κ3) is 2.64. The summed E-state index contributed by atoms with van der Waals surface area (Å²) >= 11 is 0. The molecule has 2 fully saturated rings. The van der Waals surface area contributed by atoms with Crippen molar-refractivity contribution in [1.29, 1.82) is 0 Å². The summed E-state index contributed by atoms with van der Waals surface area (Å²) in [6.45, 7) is 4.39. The Bertz CT molecular complexity index is 183. The van der Waals surface area contributed by atoms with Crippen LogP contribution in [0.4, 0.5) is 8.78 Å². The summed E-state index contributed by atoms with van der Waals surface area (Å²) in [7, 11) is 0. The topological polar surface area (TPSA) is 15.3 Å². The number of piperidine rings is 1. The van der Waals surface area contributed by atoms with Crippen molar-refractivity contribution in [2.45, 2.75) is 25.2 Å². The number of nitrogens with zero attached hydrogens (tertiary/aromatic N) is 1. The monoisotopic (exact) mass is 204 g/mol. The summed E-state index contributed by atoms with van der Waals surface area (Å²) in [4.78, 5) is 2.18. The van der Waals surface area contributed by atoms with Crippen LogP contribution in [0.1, 0.15) is 19.3 Å². The van der Waals surface area contributed by atoms with Crippen LogP contribution in [-0.4, -0.2) is 43.5 Å². The highest BCUT2D eigenvalue weighted by Gasteiger charge is 2.33. The second-order valence-corrected chi connectivity index (χ2v) is 4.51. The Balaban J connectivity index is 1.63. The van der Waals surface area contributed by atoms with E-state index in [-0.39, 0.29) is 12.8 Å². The molecule has 2 rings (SSSR count). The Morgan fingerprint density at radius 2 is 1.86 bits per heavy atom. The van der Waals surface area contributed by atoms with Gasteiger partial charge in [0.05, 0.1) is 0 Å². The van der Waals surface area contributed by atoms with Crippen molar-refractivity contribution in [3.05, 3.63) is 0 Å². The van der Waals surface area contributed by atoms with Crippen LogP contribution in [0.2, 0.25) is 0 Å². The van der Waals surface area contributed by atoms with Crippen molar-refractivity contribution in [2.24, 2.45) is 5.92 Å². The highest BCUT2D eigenvalue weighted by atomic mass is 19.3. The van der Waals surface area contributed by atoms with E-state index in [1.807, 2.05) is 0 Å². The SMILES string of the molecule is FC1(F)CCN(CCC2CNC2)CC1. The zero-order valence-corrected chi connectivity index (χ0v) is 8.44. The molecular formula is C10H18F2N2. The van der Waals surface area contributed by atoms with Crippen molar-refractivity contribution < 1.29 is 8.78 Å². The molecule has 0 amide bonds. The molecule has 0 unspecified atom stereocenters. The molecule has 0 bridgehead atoms. The lowest BCUT2D eigenvalue weighted by molar-refractivity contribution is -0.0559. The van der Waals surface area contributed by atoms with Crippen LogP contribution < -0.4 is 5.32 Å². The van der Waals surface area contributed by atoms with Gasteiger partial charge < -0.3 is 10.2 Å². The lowest BCUT2D eigenvalue weighted by atomic mass is 9.98. The predicted molar refractivity (Wildman–Crippen MR) is 51.6 cm³/mol. The number of nitrogens with one attached hydrogen (secondary N) is 1. The molecule has 1 N–H and O–H groups in total. The van der Waals surface area contributed by atoms with Crippen molar-refractivity contribution in [3.8, 4) is 0 Å². The van der Waals surface area contributed by atoms with Crippen LogP contribution >= 0.6 is 0 Å². The summed E-state index contributed by atoms with van der Waals surface area (Å²) in [5, 5.41) is 3.22. The standard InChI is InChI=1S/C10H18F2N2/c11-10(12)2-5-14(6-3-10)4-1-9-7-13-8-9/h9,13H,1-8H2. The predicted octanol–water partition coefficient (Wildman–Crippen LogP) is 1.33. The van der Waals surface area contributed by atoms with E-state index in [9.17, 15) is 8.78 Å². The second kappa shape index (κ2) is 4.11. The molecule has 2 nitrogen and oxygen atoms in total. The summed E-state index contributed by atoms with van der Waals surface area (Å²) in [5.41, 5.74) is 0. The van der Waals surface area contributed by atoms with E-state index in [1.165, 1.54) is 6.42 Å². The lowest BCUT2D eigenvalue weighted by Gasteiger charge is -2.34. The van der Waals surface area contributed by atoms with Gasteiger partial charge in [0.15, 0.2) is 0 Å². The number of likely N-dealkylation sites (tertiary alicyclic amines) is 1. The molecule has 2 aliphatic heterocycles. The first-order valence-electron chi connectivity index (χ1n) is 5.47. The normalized spacial score (nSPS) is 28.7. The fourth-order valence-electron chi connectivity index (χ4n) is 2.02. The molecule has 2 aliphatic rings. The van der Waals surface area contributed by atoms with Crippen LogP contribution in [0, 0.1) is 5.92 Å². The molecule has 0 aromatic rings. The Hall–Kier alpha value is -0.220. The number of alkyl halides is 2. The zero-order valence-electron chi connectivity index (χ0n) is 8.44. The molecule has 0 aliphatic carbocycles. The highest BCUT2D eigenvalue weighted by molar-refractivity contribution is 4.80. The Morgan fingerprint density at radius 3 is 2.36 bits per heavy atom. The number of rotatable bonds is 3. The molecule has 0 atom stereocenters. The van der Waals surface area contributed by atoms with Gasteiger partial charge in [-0.25, -0.2) is 8.78 Å². The summed E-state index contributed by atoms with van der Waals surface area (Å²) in [5.74, 6) is -1.61. The van der Waals surface area contributed by atoms with Crippen LogP contribution in [0.5, 0.6) is 0 Å². The van der Waals surface area contributed by atoms with E-state index in [0.717, 1.165) is 25.6 Å². The fraction of sp³-hybridized carbons (Fsp3) is 1.00. The minimum Gasteiger partial charge on any atom is -0.316 e. The maximum Gasteiger partial charge on any atom is 0.250 e. The van der Waals surface area contributed by atoms with Gasteiger partial charge in [-0.1, -0.05) is 0 Å². The van der Waals surface area contributed by atoms with E-state index in [1.54, 1.807) is 0 Å².